The van der Waals surface area contributed by atoms with E-state index in [1.807, 2.05) is 36.4 Å². The molecule has 0 aliphatic rings. The van der Waals surface area contributed by atoms with E-state index >= 15 is 0 Å². The minimum absolute atomic E-state index is 0.107. The topological polar surface area (TPSA) is 35.5 Å². The molecule has 0 aliphatic heterocycles. The maximum atomic E-state index is 12.3. The van der Waals surface area contributed by atoms with Crippen LogP contribution in [-0.2, 0) is 27.3 Å². The first kappa shape index (κ1) is 28.1. The second-order valence-corrected chi connectivity index (χ2v) is 9.38. The molecule has 0 amide bonds. The van der Waals surface area contributed by atoms with Gasteiger partial charge in [-0.3, -0.25) is 4.79 Å². The zero-order valence-electron chi connectivity index (χ0n) is 21.4. The molecule has 34 heavy (non-hydrogen) atoms. The second kappa shape index (κ2) is 19.2. The molecule has 0 bridgehead atoms. The Morgan fingerprint density at radius 3 is 1.88 bits per heavy atom. The summed E-state index contributed by atoms with van der Waals surface area (Å²) in [6, 6.07) is 20.4. The van der Waals surface area contributed by atoms with Gasteiger partial charge in [-0.25, -0.2) is 0 Å². The summed E-state index contributed by atoms with van der Waals surface area (Å²) >= 11 is 0. The van der Waals surface area contributed by atoms with Gasteiger partial charge >= 0.3 is 5.97 Å². The lowest BCUT2D eigenvalue weighted by molar-refractivity contribution is -0.144. The van der Waals surface area contributed by atoms with Gasteiger partial charge < -0.3 is 9.47 Å². The Morgan fingerprint density at radius 2 is 1.26 bits per heavy atom. The van der Waals surface area contributed by atoms with E-state index in [1.54, 1.807) is 0 Å². The van der Waals surface area contributed by atoms with E-state index in [2.05, 4.69) is 31.2 Å². The molecule has 2 rings (SSSR count). The van der Waals surface area contributed by atoms with Crippen LogP contribution >= 0.6 is 0 Å². The molecule has 0 radical (unpaired) electrons. The third-order valence-electron chi connectivity index (χ3n) is 6.38. The van der Waals surface area contributed by atoms with E-state index in [4.69, 9.17) is 9.47 Å². The molecule has 0 saturated heterocycles. The van der Waals surface area contributed by atoms with Gasteiger partial charge in [-0.05, 0) is 24.0 Å². The highest BCUT2D eigenvalue weighted by atomic mass is 16.5. The summed E-state index contributed by atoms with van der Waals surface area (Å²) in [6.07, 6.45) is 16.3. The van der Waals surface area contributed by atoms with Crippen LogP contribution in [0.5, 0.6) is 0 Å². The third kappa shape index (κ3) is 14.2. The van der Waals surface area contributed by atoms with Crippen molar-refractivity contribution in [1.29, 1.82) is 0 Å². The summed E-state index contributed by atoms with van der Waals surface area (Å²) in [5.41, 5.74) is 2.38. The van der Waals surface area contributed by atoms with Crippen molar-refractivity contribution in [2.45, 2.75) is 110 Å². The van der Waals surface area contributed by atoms with E-state index in [9.17, 15) is 4.79 Å². The van der Waals surface area contributed by atoms with Crippen LogP contribution in [0.4, 0.5) is 0 Å². The fraction of sp³-hybridized carbons (Fsp3) is 0.581. The van der Waals surface area contributed by atoms with Crippen LogP contribution in [0.25, 0.3) is 0 Å². The standard InChI is InChI=1S/C31H46O3/c1-2-3-4-5-6-7-8-9-10-17-22-30(34-27-29-20-15-12-16-21-29)23-24-31(32)33-26-25-28-18-13-11-14-19-28/h11-16,18-21,30H,2-10,17,22-27H2,1H3. The number of carbonyl (C=O) groups is 1. The van der Waals surface area contributed by atoms with Gasteiger partial charge in [0.25, 0.3) is 0 Å². The molecule has 2 aromatic carbocycles. The van der Waals surface area contributed by atoms with Crippen molar-refractivity contribution in [3.63, 3.8) is 0 Å². The van der Waals surface area contributed by atoms with Crippen LogP contribution in [0.15, 0.2) is 60.7 Å². The van der Waals surface area contributed by atoms with Gasteiger partial charge in [-0.1, -0.05) is 132 Å². The summed E-state index contributed by atoms with van der Waals surface area (Å²) < 4.78 is 11.7. The maximum absolute atomic E-state index is 12.3. The molecule has 3 nitrogen and oxygen atoms in total. The first-order chi connectivity index (χ1) is 16.8. The van der Waals surface area contributed by atoms with E-state index in [1.165, 1.54) is 75.3 Å². The Balaban J connectivity index is 1.63. The predicted octanol–water partition coefficient (Wildman–Crippen LogP) is 8.45. The number of rotatable bonds is 20. The lowest BCUT2D eigenvalue weighted by Gasteiger charge is -2.18. The second-order valence-electron chi connectivity index (χ2n) is 9.38. The molecular weight excluding hydrogens is 420 g/mol. The van der Waals surface area contributed by atoms with E-state index in [-0.39, 0.29) is 12.1 Å². The molecule has 0 fully saturated rings. The summed E-state index contributed by atoms with van der Waals surface area (Å²) in [5.74, 6) is -0.118. The lowest BCUT2D eigenvalue weighted by Crippen LogP contribution is -2.16. The highest BCUT2D eigenvalue weighted by Crippen LogP contribution is 2.17. The Hall–Kier alpha value is -2.13. The number of unbranched alkanes of at least 4 members (excludes halogenated alkanes) is 9. The van der Waals surface area contributed by atoms with Crippen molar-refractivity contribution in [1.82, 2.24) is 0 Å². The molecule has 1 atom stereocenters. The van der Waals surface area contributed by atoms with Gasteiger partial charge in [-0.15, -0.1) is 0 Å². The van der Waals surface area contributed by atoms with Crippen molar-refractivity contribution in [2.24, 2.45) is 0 Å². The average Bonchev–Trinajstić information content (AvgIpc) is 2.87. The Labute approximate surface area is 208 Å². The molecule has 0 spiro atoms. The molecule has 0 heterocycles. The van der Waals surface area contributed by atoms with Gasteiger partial charge in [0.1, 0.15) is 0 Å². The van der Waals surface area contributed by atoms with Crippen molar-refractivity contribution in [3.8, 4) is 0 Å². The highest BCUT2D eigenvalue weighted by Gasteiger charge is 2.13. The molecule has 0 N–H and O–H groups in total. The van der Waals surface area contributed by atoms with Crippen LogP contribution in [0.2, 0.25) is 0 Å². The Morgan fingerprint density at radius 1 is 0.706 bits per heavy atom. The lowest BCUT2D eigenvalue weighted by atomic mass is 10.0. The molecule has 3 heteroatoms. The first-order valence-corrected chi connectivity index (χ1v) is 13.6. The van der Waals surface area contributed by atoms with Gasteiger partial charge in [0.15, 0.2) is 0 Å². The number of esters is 1. The van der Waals surface area contributed by atoms with Crippen molar-refractivity contribution < 1.29 is 14.3 Å². The first-order valence-electron chi connectivity index (χ1n) is 13.6. The summed E-state index contributed by atoms with van der Waals surface area (Å²) in [5, 5.41) is 0. The number of benzene rings is 2. The van der Waals surface area contributed by atoms with Crippen molar-refractivity contribution in [3.05, 3.63) is 71.8 Å². The predicted molar refractivity (Wildman–Crippen MR) is 142 cm³/mol. The fourth-order valence-corrected chi connectivity index (χ4v) is 4.24. The largest absolute Gasteiger partial charge is 0.465 e. The highest BCUT2D eigenvalue weighted by molar-refractivity contribution is 5.69. The number of ether oxygens (including phenoxy) is 2. The molecular formula is C31H46O3. The average molecular weight is 467 g/mol. The molecule has 1 unspecified atom stereocenters. The van der Waals surface area contributed by atoms with Crippen LogP contribution in [-0.4, -0.2) is 18.7 Å². The summed E-state index contributed by atoms with van der Waals surface area (Å²) in [4.78, 5) is 12.3. The molecule has 2 aromatic rings. The minimum Gasteiger partial charge on any atom is -0.465 e. The van der Waals surface area contributed by atoms with Gasteiger partial charge in [0, 0.05) is 12.8 Å². The fourth-order valence-electron chi connectivity index (χ4n) is 4.24. The van der Waals surface area contributed by atoms with Crippen LogP contribution in [0.1, 0.15) is 102 Å². The van der Waals surface area contributed by atoms with Gasteiger partial charge in [-0.2, -0.15) is 0 Å². The summed E-state index contributed by atoms with van der Waals surface area (Å²) in [6.45, 7) is 3.31. The zero-order chi connectivity index (χ0) is 24.1. The van der Waals surface area contributed by atoms with E-state index in [0.29, 0.717) is 19.6 Å². The third-order valence-corrected chi connectivity index (χ3v) is 6.38. The molecule has 0 aliphatic carbocycles. The maximum Gasteiger partial charge on any atom is 0.305 e. The van der Waals surface area contributed by atoms with Crippen molar-refractivity contribution >= 4 is 5.97 Å². The Kier molecular flexibility index (Phi) is 15.9. The molecule has 188 valence electrons. The SMILES string of the molecule is CCCCCCCCCCCCC(CCC(=O)OCCc1ccccc1)OCc1ccccc1. The smallest absolute Gasteiger partial charge is 0.305 e. The molecule has 0 aromatic heterocycles. The van der Waals surface area contributed by atoms with E-state index in [0.717, 1.165) is 19.3 Å². The van der Waals surface area contributed by atoms with Crippen LogP contribution < -0.4 is 0 Å². The number of carbonyl (C=O) groups excluding carboxylic acids is 1. The van der Waals surface area contributed by atoms with Crippen molar-refractivity contribution in [2.75, 3.05) is 6.61 Å². The number of hydrogen-bond acceptors (Lipinski definition) is 3. The zero-order valence-corrected chi connectivity index (χ0v) is 21.4. The van der Waals surface area contributed by atoms with E-state index < -0.39 is 0 Å². The normalized spacial score (nSPS) is 11.9. The minimum atomic E-state index is -0.118. The summed E-state index contributed by atoms with van der Waals surface area (Å²) in [7, 11) is 0. The van der Waals surface area contributed by atoms with Crippen LogP contribution in [0, 0.1) is 0 Å². The van der Waals surface area contributed by atoms with Gasteiger partial charge in [0.2, 0.25) is 0 Å². The van der Waals surface area contributed by atoms with Gasteiger partial charge in [0.05, 0.1) is 19.3 Å². The van der Waals surface area contributed by atoms with Crippen LogP contribution in [0.3, 0.4) is 0 Å². The quantitative estimate of drug-likeness (QED) is 0.145. The number of hydrogen-bond donors (Lipinski definition) is 0. The molecule has 0 saturated carbocycles. The monoisotopic (exact) mass is 466 g/mol. The Bertz CT molecular complexity index is 729.